The van der Waals surface area contributed by atoms with Gasteiger partial charge in [0.25, 0.3) is 0 Å². The highest BCUT2D eigenvalue weighted by Gasteiger charge is 2.19. The molecule has 120 valence electrons. The lowest BCUT2D eigenvalue weighted by atomic mass is 10.0. The smallest absolute Gasteiger partial charge is 0.241 e. The van der Waals surface area contributed by atoms with E-state index in [0.29, 0.717) is 17.4 Å². The SMILES string of the molecule is Cc1ccc(CN)cc1S(=O)(=O)NC(C)CCCC(C)C. The molecule has 0 fully saturated rings. The van der Waals surface area contributed by atoms with Gasteiger partial charge in [-0.25, -0.2) is 13.1 Å². The molecule has 1 aromatic carbocycles. The Kier molecular flexibility index (Phi) is 6.84. The fraction of sp³-hybridized carbons (Fsp3) is 0.625. The van der Waals surface area contributed by atoms with Crippen molar-refractivity contribution in [3.63, 3.8) is 0 Å². The first-order chi connectivity index (χ1) is 9.76. The summed E-state index contributed by atoms with van der Waals surface area (Å²) in [6, 6.07) is 5.27. The fourth-order valence-corrected chi connectivity index (χ4v) is 3.85. The second kappa shape index (κ2) is 7.92. The normalized spacial score (nSPS) is 13.6. The minimum absolute atomic E-state index is 0.0605. The van der Waals surface area contributed by atoms with E-state index in [1.807, 2.05) is 13.0 Å². The number of hydrogen-bond donors (Lipinski definition) is 2. The van der Waals surface area contributed by atoms with Crippen molar-refractivity contribution in [3.8, 4) is 0 Å². The molecule has 4 nitrogen and oxygen atoms in total. The van der Waals surface area contributed by atoms with Crippen LogP contribution in [0.25, 0.3) is 0 Å². The summed E-state index contributed by atoms with van der Waals surface area (Å²) in [7, 11) is -3.48. The molecule has 1 atom stereocenters. The maximum Gasteiger partial charge on any atom is 0.241 e. The van der Waals surface area contributed by atoms with Gasteiger partial charge in [0.1, 0.15) is 0 Å². The molecule has 1 aromatic rings. The van der Waals surface area contributed by atoms with Crippen LogP contribution < -0.4 is 10.5 Å². The first-order valence-corrected chi connectivity index (χ1v) is 9.06. The third kappa shape index (κ3) is 5.77. The van der Waals surface area contributed by atoms with Crippen molar-refractivity contribution in [1.29, 1.82) is 0 Å². The van der Waals surface area contributed by atoms with Gasteiger partial charge >= 0.3 is 0 Å². The van der Waals surface area contributed by atoms with E-state index in [0.717, 1.165) is 30.4 Å². The van der Waals surface area contributed by atoms with E-state index in [1.54, 1.807) is 19.1 Å². The molecule has 0 saturated heterocycles. The number of benzene rings is 1. The monoisotopic (exact) mass is 312 g/mol. The van der Waals surface area contributed by atoms with Gasteiger partial charge in [-0.3, -0.25) is 0 Å². The first-order valence-electron chi connectivity index (χ1n) is 7.58. The molecular formula is C16H28N2O2S. The molecule has 1 rings (SSSR count). The molecule has 1 unspecified atom stereocenters. The molecule has 0 aliphatic rings. The first kappa shape index (κ1) is 18.1. The predicted molar refractivity (Wildman–Crippen MR) is 87.5 cm³/mol. The van der Waals surface area contributed by atoms with Gasteiger partial charge < -0.3 is 5.73 Å². The Labute approximate surface area is 129 Å². The predicted octanol–water partition coefficient (Wildman–Crippen LogP) is 2.95. The number of aryl methyl sites for hydroxylation is 1. The third-order valence-corrected chi connectivity index (χ3v) is 5.28. The van der Waals surface area contributed by atoms with Crippen LogP contribution in [0.2, 0.25) is 0 Å². The number of rotatable bonds is 8. The highest BCUT2D eigenvalue weighted by atomic mass is 32.2. The van der Waals surface area contributed by atoms with Crippen LogP contribution in [0, 0.1) is 12.8 Å². The zero-order valence-electron chi connectivity index (χ0n) is 13.5. The van der Waals surface area contributed by atoms with Crippen molar-refractivity contribution in [2.45, 2.75) is 64.4 Å². The van der Waals surface area contributed by atoms with Crippen LogP contribution in [-0.4, -0.2) is 14.5 Å². The van der Waals surface area contributed by atoms with Gasteiger partial charge in [-0.05, 0) is 43.4 Å². The summed E-state index contributed by atoms with van der Waals surface area (Å²) >= 11 is 0. The minimum atomic E-state index is -3.48. The minimum Gasteiger partial charge on any atom is -0.326 e. The Bertz CT molecular complexity index is 553. The summed E-state index contributed by atoms with van der Waals surface area (Å²) in [6.45, 7) is 8.41. The van der Waals surface area contributed by atoms with E-state index >= 15 is 0 Å². The van der Waals surface area contributed by atoms with Gasteiger partial charge in [-0.2, -0.15) is 0 Å². The Hall–Kier alpha value is -0.910. The van der Waals surface area contributed by atoms with E-state index in [9.17, 15) is 8.42 Å². The van der Waals surface area contributed by atoms with Crippen molar-refractivity contribution >= 4 is 10.0 Å². The molecule has 21 heavy (non-hydrogen) atoms. The van der Waals surface area contributed by atoms with Crippen LogP contribution >= 0.6 is 0 Å². The molecule has 0 saturated carbocycles. The summed E-state index contributed by atoms with van der Waals surface area (Å²) in [5.74, 6) is 0.650. The number of hydrogen-bond acceptors (Lipinski definition) is 3. The van der Waals surface area contributed by atoms with E-state index in [2.05, 4.69) is 18.6 Å². The summed E-state index contributed by atoms with van der Waals surface area (Å²) in [5, 5.41) is 0. The Morgan fingerprint density at radius 3 is 2.43 bits per heavy atom. The Morgan fingerprint density at radius 2 is 1.86 bits per heavy atom. The van der Waals surface area contributed by atoms with Crippen molar-refractivity contribution in [2.24, 2.45) is 11.7 Å². The molecule has 0 bridgehead atoms. The third-order valence-electron chi connectivity index (χ3n) is 3.55. The van der Waals surface area contributed by atoms with E-state index in [4.69, 9.17) is 5.73 Å². The summed E-state index contributed by atoms with van der Waals surface area (Å²) < 4.78 is 27.7. The molecule has 0 radical (unpaired) electrons. The maximum atomic E-state index is 12.5. The average molecular weight is 312 g/mol. The molecule has 0 aliphatic carbocycles. The van der Waals surface area contributed by atoms with Gasteiger partial charge in [-0.1, -0.05) is 38.8 Å². The average Bonchev–Trinajstić information content (AvgIpc) is 2.38. The van der Waals surface area contributed by atoms with Gasteiger partial charge in [0.15, 0.2) is 0 Å². The van der Waals surface area contributed by atoms with Crippen molar-refractivity contribution in [2.75, 3.05) is 0 Å². The zero-order valence-corrected chi connectivity index (χ0v) is 14.3. The highest BCUT2D eigenvalue weighted by molar-refractivity contribution is 7.89. The number of sulfonamides is 1. The number of nitrogens with one attached hydrogen (secondary N) is 1. The summed E-state index contributed by atoms with van der Waals surface area (Å²) in [4.78, 5) is 0.334. The molecule has 0 heterocycles. The molecule has 5 heteroatoms. The van der Waals surface area contributed by atoms with Gasteiger partial charge in [0.05, 0.1) is 4.90 Å². The Morgan fingerprint density at radius 1 is 1.19 bits per heavy atom. The van der Waals surface area contributed by atoms with Gasteiger partial charge in [0.2, 0.25) is 10.0 Å². The maximum absolute atomic E-state index is 12.5. The molecule has 0 spiro atoms. The van der Waals surface area contributed by atoms with Crippen LogP contribution in [0.5, 0.6) is 0 Å². The lowest BCUT2D eigenvalue weighted by Gasteiger charge is -2.16. The largest absolute Gasteiger partial charge is 0.326 e. The van der Waals surface area contributed by atoms with Crippen LogP contribution in [0.4, 0.5) is 0 Å². The molecular weight excluding hydrogens is 284 g/mol. The quantitative estimate of drug-likeness (QED) is 0.775. The van der Waals surface area contributed by atoms with Crippen LogP contribution in [0.15, 0.2) is 23.1 Å². The van der Waals surface area contributed by atoms with Crippen molar-refractivity contribution < 1.29 is 8.42 Å². The summed E-state index contributed by atoms with van der Waals surface area (Å²) in [6.07, 6.45) is 3.00. The number of nitrogens with two attached hydrogens (primary N) is 1. The molecule has 3 N–H and O–H groups in total. The van der Waals surface area contributed by atoms with E-state index in [-0.39, 0.29) is 6.04 Å². The lowest BCUT2D eigenvalue weighted by Crippen LogP contribution is -2.33. The fourth-order valence-electron chi connectivity index (χ4n) is 2.28. The van der Waals surface area contributed by atoms with Crippen LogP contribution in [-0.2, 0) is 16.6 Å². The second-order valence-electron chi connectivity index (χ2n) is 6.15. The van der Waals surface area contributed by atoms with E-state index < -0.39 is 10.0 Å². The standard InChI is InChI=1S/C16H28N2O2S/c1-12(2)6-5-7-14(4)18-21(19,20)16-10-15(11-17)9-8-13(16)3/h8-10,12,14,18H,5-7,11,17H2,1-4H3. The van der Waals surface area contributed by atoms with Gasteiger partial charge in [0, 0.05) is 12.6 Å². The van der Waals surface area contributed by atoms with Crippen LogP contribution in [0.3, 0.4) is 0 Å². The second-order valence-corrected chi connectivity index (χ2v) is 7.83. The molecule has 0 amide bonds. The molecule has 0 aliphatic heterocycles. The van der Waals surface area contributed by atoms with E-state index in [1.165, 1.54) is 0 Å². The summed E-state index contributed by atoms with van der Waals surface area (Å²) in [5.41, 5.74) is 7.16. The van der Waals surface area contributed by atoms with Gasteiger partial charge in [-0.15, -0.1) is 0 Å². The topological polar surface area (TPSA) is 72.2 Å². The van der Waals surface area contributed by atoms with Crippen LogP contribution in [0.1, 0.15) is 51.2 Å². The molecule has 0 aromatic heterocycles. The van der Waals surface area contributed by atoms with Crippen molar-refractivity contribution in [3.05, 3.63) is 29.3 Å². The Balaban J connectivity index is 2.77. The highest BCUT2D eigenvalue weighted by Crippen LogP contribution is 2.18. The lowest BCUT2D eigenvalue weighted by molar-refractivity contribution is 0.488. The van der Waals surface area contributed by atoms with Crippen molar-refractivity contribution in [1.82, 2.24) is 4.72 Å². The zero-order chi connectivity index (χ0) is 16.0.